The van der Waals surface area contributed by atoms with Gasteiger partial charge in [0.05, 0.1) is 0 Å². The molecule has 0 amide bonds. The fourth-order valence-corrected chi connectivity index (χ4v) is 0. The molecular formula is Al2F2O4Si. The topological polar surface area (TPSA) is 92.2 Å². The summed E-state index contributed by atoms with van der Waals surface area (Å²) in [5, 5.41) is 0. The first-order valence-electron chi connectivity index (χ1n) is 1.25. The maximum Gasteiger partial charge on any atom is -0.426 e. The summed E-state index contributed by atoms with van der Waals surface area (Å²) in [6.07, 6.45) is 0. The Morgan fingerprint density at radius 1 is 0.778 bits per heavy atom. The summed E-state index contributed by atoms with van der Waals surface area (Å²) in [5.41, 5.74) is 0. The average molecular weight is 184 g/mol. The minimum Gasteiger partial charge on any atom is -0.894 e. The molecule has 4 nitrogen and oxygen atoms in total. The first-order valence-corrected chi connectivity index (χ1v) is 3.76. The van der Waals surface area contributed by atoms with Gasteiger partial charge in [0.25, 0.3) is 0 Å². The predicted octanol–water partition coefficient (Wildman–Crippen LogP) is -5.06. The van der Waals surface area contributed by atoms with E-state index in [9.17, 15) is 7.05 Å². The van der Waals surface area contributed by atoms with E-state index in [0.29, 0.717) is 0 Å². The fourth-order valence-electron chi connectivity index (χ4n) is 0. The third kappa shape index (κ3) is 454. The van der Waals surface area contributed by atoms with Crippen molar-refractivity contribution in [3.8, 4) is 0 Å². The van der Waals surface area contributed by atoms with Crippen LogP contribution in [0.15, 0.2) is 0 Å². The zero-order chi connectivity index (χ0) is 8.50. The maximum absolute atomic E-state index is 9.42. The molecule has 0 atom stereocenters. The molecule has 0 unspecified atom stereocenters. The predicted molar refractivity (Wildman–Crippen MR) is 19.5 cm³/mol. The molecule has 0 heterocycles. The molecule has 0 aliphatic carbocycles. The molecule has 0 aliphatic rings. The van der Waals surface area contributed by atoms with Crippen molar-refractivity contribution in [3.63, 3.8) is 0 Å². The SMILES string of the molecule is [F][Al+2].[F][Al+2].[O-][Si]([O-])([O-])[O-]. The van der Waals surface area contributed by atoms with Gasteiger partial charge in [0.2, 0.25) is 0 Å². The first-order chi connectivity index (χ1) is 4.00. The maximum atomic E-state index is 9.42. The van der Waals surface area contributed by atoms with Crippen LogP contribution in [-0.4, -0.2) is 42.5 Å². The molecular weight excluding hydrogens is 184 g/mol. The third-order valence-electron chi connectivity index (χ3n) is 0. The summed E-state index contributed by atoms with van der Waals surface area (Å²) in [6.45, 7) is 0. The van der Waals surface area contributed by atoms with E-state index >= 15 is 0 Å². The van der Waals surface area contributed by atoms with E-state index < -0.39 is 9.05 Å². The van der Waals surface area contributed by atoms with Gasteiger partial charge in [0, 0.05) is 0 Å². The van der Waals surface area contributed by atoms with Gasteiger partial charge in [-0.25, -0.2) is 0 Å². The van der Waals surface area contributed by atoms with Gasteiger partial charge in [-0.05, 0) is 0 Å². The summed E-state index contributed by atoms with van der Waals surface area (Å²) in [4.78, 5) is 34.3. The van der Waals surface area contributed by atoms with Crippen LogP contribution in [0.25, 0.3) is 0 Å². The minimum atomic E-state index is -5.61. The molecule has 0 saturated heterocycles. The Morgan fingerprint density at radius 3 is 0.778 bits per heavy atom. The number of hydrogen-bond donors (Lipinski definition) is 0. The molecule has 0 radical (unpaired) electrons. The van der Waals surface area contributed by atoms with Gasteiger partial charge in [-0.2, -0.15) is 0 Å². The van der Waals surface area contributed by atoms with Crippen molar-refractivity contribution in [2.45, 2.75) is 0 Å². The van der Waals surface area contributed by atoms with Crippen molar-refractivity contribution in [1.82, 2.24) is 0 Å². The molecule has 0 aromatic heterocycles. The number of hydrogen-bond acceptors (Lipinski definition) is 4. The Balaban J connectivity index is -0.0000000771. The van der Waals surface area contributed by atoms with Crippen LogP contribution in [0.3, 0.4) is 0 Å². The Bertz CT molecular complexity index is 32.0. The van der Waals surface area contributed by atoms with Crippen LogP contribution in [0, 0.1) is 0 Å². The summed E-state index contributed by atoms with van der Waals surface area (Å²) in [6, 6.07) is 0. The van der Waals surface area contributed by atoms with Gasteiger partial charge >= 0.3 is 40.5 Å². The molecule has 0 spiro atoms. The third-order valence-corrected chi connectivity index (χ3v) is 0. The van der Waals surface area contributed by atoms with Crippen molar-refractivity contribution in [2.75, 3.05) is 0 Å². The first kappa shape index (κ1) is 16.5. The van der Waals surface area contributed by atoms with E-state index in [4.69, 9.17) is 19.2 Å². The van der Waals surface area contributed by atoms with E-state index in [1.807, 2.05) is 0 Å². The zero-order valence-electron chi connectivity index (χ0n) is 4.04. The van der Waals surface area contributed by atoms with Gasteiger partial charge < -0.3 is 28.2 Å². The van der Waals surface area contributed by atoms with Crippen LogP contribution in [0.2, 0.25) is 0 Å². The summed E-state index contributed by atoms with van der Waals surface area (Å²) in [5.74, 6) is 0. The second kappa shape index (κ2) is 11.7. The van der Waals surface area contributed by atoms with Crippen LogP contribution < -0.4 is 19.2 Å². The summed E-state index contributed by atoms with van der Waals surface area (Å²) >= 11 is 1.83. The van der Waals surface area contributed by atoms with Gasteiger partial charge in [-0.1, -0.05) is 0 Å². The Labute approximate surface area is 69.0 Å². The molecule has 9 heavy (non-hydrogen) atoms. The standard InChI is InChI=1S/2Al.2FH.O4Si/c;;;;1-5(2,3)4/h;;2*1H;/q2*+3;;;-4/p-2. The van der Waals surface area contributed by atoms with Gasteiger partial charge in [-0.15, -0.1) is 0 Å². The van der Waals surface area contributed by atoms with Crippen LogP contribution in [0.1, 0.15) is 0 Å². The Kier molecular flexibility index (Phi) is 21.5. The van der Waals surface area contributed by atoms with Crippen LogP contribution in [-0.2, 0) is 0 Å². The van der Waals surface area contributed by atoms with E-state index in [1.165, 1.54) is 0 Å². The van der Waals surface area contributed by atoms with E-state index in [1.54, 1.807) is 0 Å². The van der Waals surface area contributed by atoms with Crippen LogP contribution in [0.5, 0.6) is 0 Å². The quantitative estimate of drug-likeness (QED) is 0.352. The molecule has 0 aromatic rings. The second-order valence-corrected chi connectivity index (χ2v) is 1.50. The molecule has 9 heteroatoms. The fraction of sp³-hybridized carbons (Fsp3) is 0. The monoisotopic (exact) mass is 184 g/mol. The molecule has 0 rings (SSSR count). The molecule has 0 bridgehead atoms. The molecule has 0 aliphatic heterocycles. The van der Waals surface area contributed by atoms with Crippen LogP contribution in [0.4, 0.5) is 7.05 Å². The van der Waals surface area contributed by atoms with E-state index in [2.05, 4.69) is 0 Å². The molecule has 0 aromatic carbocycles. The van der Waals surface area contributed by atoms with Gasteiger partial charge in [0.1, 0.15) is 0 Å². The van der Waals surface area contributed by atoms with E-state index in [0.717, 1.165) is 33.5 Å². The van der Waals surface area contributed by atoms with Gasteiger partial charge in [-0.3, -0.25) is 0 Å². The largest absolute Gasteiger partial charge is 0.894 e. The number of halogens is 2. The normalized spacial score (nSPS) is 8.22. The van der Waals surface area contributed by atoms with Crippen molar-refractivity contribution in [1.29, 1.82) is 0 Å². The van der Waals surface area contributed by atoms with Crippen molar-refractivity contribution in [2.24, 2.45) is 0 Å². The molecule has 0 N–H and O–H groups in total. The second-order valence-electron chi connectivity index (χ2n) is 0.500. The summed E-state index contributed by atoms with van der Waals surface area (Å²) in [7, 11) is -5.61. The van der Waals surface area contributed by atoms with E-state index in [-0.39, 0.29) is 0 Å². The van der Waals surface area contributed by atoms with Crippen LogP contribution >= 0.6 is 0 Å². The Hall–Kier alpha value is 0.982. The zero-order valence-corrected chi connectivity index (χ0v) is 7.35. The molecule has 0 fully saturated rings. The summed E-state index contributed by atoms with van der Waals surface area (Å²) < 4.78 is 18.8. The Morgan fingerprint density at radius 2 is 0.778 bits per heavy atom. The van der Waals surface area contributed by atoms with Crippen molar-refractivity contribution < 1.29 is 26.2 Å². The molecule has 48 valence electrons. The number of rotatable bonds is 0. The van der Waals surface area contributed by atoms with Crippen molar-refractivity contribution >= 4 is 42.5 Å². The van der Waals surface area contributed by atoms with Crippen molar-refractivity contribution in [3.05, 3.63) is 0 Å². The average Bonchev–Trinajstić information content (AvgIpc) is 1.72. The molecule has 0 saturated carbocycles. The smallest absolute Gasteiger partial charge is 0.426 e. The van der Waals surface area contributed by atoms with Gasteiger partial charge in [0.15, 0.2) is 0 Å². The minimum absolute atomic E-state index is 0.917.